The Bertz CT molecular complexity index is 633. The van der Waals surface area contributed by atoms with Crippen molar-refractivity contribution in [2.75, 3.05) is 12.4 Å². The zero-order valence-electron chi connectivity index (χ0n) is 13.3. The highest BCUT2D eigenvalue weighted by Gasteiger charge is 2.43. The van der Waals surface area contributed by atoms with E-state index in [1.54, 1.807) is 32.9 Å². The number of phenols is 1. The van der Waals surface area contributed by atoms with E-state index in [4.69, 9.17) is 15.9 Å². The molecular formula is C17H21NO4. The Labute approximate surface area is 130 Å². The molecule has 1 aliphatic carbocycles. The molecule has 2 rings (SSSR count). The predicted molar refractivity (Wildman–Crippen MR) is 84.3 cm³/mol. The summed E-state index contributed by atoms with van der Waals surface area (Å²) in [6.45, 7) is 5.29. The Morgan fingerprint density at radius 2 is 2.05 bits per heavy atom. The van der Waals surface area contributed by atoms with Gasteiger partial charge >= 0.3 is 6.09 Å². The van der Waals surface area contributed by atoms with E-state index >= 15 is 0 Å². The second-order valence-electron chi connectivity index (χ2n) is 6.43. The molecule has 0 unspecified atom stereocenters. The van der Waals surface area contributed by atoms with Gasteiger partial charge in [0.15, 0.2) is 11.5 Å². The van der Waals surface area contributed by atoms with Crippen molar-refractivity contribution in [3.8, 4) is 23.8 Å². The van der Waals surface area contributed by atoms with E-state index in [1.165, 1.54) is 7.11 Å². The first-order valence-corrected chi connectivity index (χ1v) is 7.10. The molecule has 1 aromatic carbocycles. The van der Waals surface area contributed by atoms with Crippen LogP contribution in [0.5, 0.6) is 11.5 Å². The van der Waals surface area contributed by atoms with Crippen LogP contribution in [0.4, 0.5) is 10.5 Å². The summed E-state index contributed by atoms with van der Waals surface area (Å²) in [6, 6.07) is 3.39. The summed E-state index contributed by atoms with van der Waals surface area (Å²) in [5, 5.41) is 12.7. The third kappa shape index (κ3) is 3.28. The number of anilines is 1. The molecule has 2 N–H and O–H groups in total. The lowest BCUT2D eigenvalue weighted by Gasteiger charge is -2.21. The molecule has 22 heavy (non-hydrogen) atoms. The molecule has 0 atom stereocenters. The summed E-state index contributed by atoms with van der Waals surface area (Å²) in [4.78, 5) is 11.9. The number of hydrogen-bond acceptors (Lipinski definition) is 4. The highest BCUT2D eigenvalue weighted by molar-refractivity contribution is 5.88. The average Bonchev–Trinajstić information content (AvgIpc) is 3.20. The molecule has 0 bridgehead atoms. The van der Waals surface area contributed by atoms with E-state index in [2.05, 4.69) is 11.2 Å². The molecule has 1 saturated carbocycles. The SMILES string of the molecule is C#CC1(c2cc(NC(=O)OC(C)(C)C)c(O)c(OC)c2)CC1. The van der Waals surface area contributed by atoms with Gasteiger partial charge in [-0.05, 0) is 51.3 Å². The zero-order chi connectivity index (χ0) is 16.5. The number of ether oxygens (including phenoxy) is 2. The number of aromatic hydroxyl groups is 1. The van der Waals surface area contributed by atoms with Gasteiger partial charge in [-0.3, -0.25) is 5.32 Å². The summed E-state index contributed by atoms with van der Waals surface area (Å²) in [7, 11) is 1.45. The van der Waals surface area contributed by atoms with Gasteiger partial charge in [0.05, 0.1) is 18.2 Å². The van der Waals surface area contributed by atoms with Crippen molar-refractivity contribution in [1.29, 1.82) is 0 Å². The minimum absolute atomic E-state index is 0.148. The highest BCUT2D eigenvalue weighted by atomic mass is 16.6. The van der Waals surface area contributed by atoms with Gasteiger partial charge in [0.25, 0.3) is 0 Å². The monoisotopic (exact) mass is 303 g/mol. The fraction of sp³-hybridized carbons (Fsp3) is 0.471. The third-order valence-corrected chi connectivity index (χ3v) is 3.51. The van der Waals surface area contributed by atoms with Crippen LogP contribution in [0.3, 0.4) is 0 Å². The first-order chi connectivity index (χ1) is 10.2. The maximum Gasteiger partial charge on any atom is 0.412 e. The number of rotatable bonds is 3. The van der Waals surface area contributed by atoms with Crippen molar-refractivity contribution in [1.82, 2.24) is 0 Å². The molecule has 118 valence electrons. The van der Waals surface area contributed by atoms with Crippen LogP contribution in [-0.4, -0.2) is 23.9 Å². The molecule has 0 radical (unpaired) electrons. The summed E-state index contributed by atoms with van der Waals surface area (Å²) >= 11 is 0. The van der Waals surface area contributed by atoms with Crippen molar-refractivity contribution in [3.05, 3.63) is 17.7 Å². The average molecular weight is 303 g/mol. The van der Waals surface area contributed by atoms with Crippen LogP contribution < -0.4 is 10.1 Å². The third-order valence-electron chi connectivity index (χ3n) is 3.51. The van der Waals surface area contributed by atoms with E-state index in [0.29, 0.717) is 0 Å². The Morgan fingerprint density at radius 1 is 1.41 bits per heavy atom. The standard InChI is InChI=1S/C17H21NO4/c1-6-17(7-8-17)11-9-12(14(19)13(10-11)21-5)18-15(20)22-16(2,3)4/h1,9-10,19H,7-8H2,2-5H3,(H,18,20). The number of nitrogens with one attached hydrogen (secondary N) is 1. The minimum atomic E-state index is -0.646. The van der Waals surface area contributed by atoms with Crippen molar-refractivity contribution in [2.24, 2.45) is 0 Å². The number of methoxy groups -OCH3 is 1. The summed E-state index contributed by atoms with van der Waals surface area (Å²) in [5.41, 5.74) is 0.115. The number of carbonyl (C=O) groups excluding carboxylic acids is 1. The molecular weight excluding hydrogens is 282 g/mol. The fourth-order valence-corrected chi connectivity index (χ4v) is 2.19. The highest BCUT2D eigenvalue weighted by Crippen LogP contribution is 2.50. The van der Waals surface area contributed by atoms with Gasteiger partial charge < -0.3 is 14.6 Å². The van der Waals surface area contributed by atoms with Crippen molar-refractivity contribution < 1.29 is 19.4 Å². The van der Waals surface area contributed by atoms with Gasteiger partial charge in [-0.15, -0.1) is 6.42 Å². The first kappa shape index (κ1) is 16.0. The Kier molecular flexibility index (Phi) is 3.97. The Hall–Kier alpha value is -2.35. The fourth-order valence-electron chi connectivity index (χ4n) is 2.19. The van der Waals surface area contributed by atoms with Crippen molar-refractivity contribution in [2.45, 2.75) is 44.6 Å². The van der Waals surface area contributed by atoms with Gasteiger partial charge in [0.2, 0.25) is 0 Å². The topological polar surface area (TPSA) is 67.8 Å². The largest absolute Gasteiger partial charge is 0.503 e. The molecule has 1 fully saturated rings. The number of terminal acetylenes is 1. The van der Waals surface area contributed by atoms with Crippen LogP contribution in [0.1, 0.15) is 39.2 Å². The van der Waals surface area contributed by atoms with Gasteiger partial charge in [-0.2, -0.15) is 0 Å². The predicted octanol–water partition coefficient (Wildman–Crippen LogP) is 3.41. The maximum atomic E-state index is 11.9. The van der Waals surface area contributed by atoms with Crippen LogP contribution in [-0.2, 0) is 10.2 Å². The Morgan fingerprint density at radius 3 is 2.50 bits per heavy atom. The van der Waals surface area contributed by atoms with Gasteiger partial charge in [0.1, 0.15) is 5.60 Å². The lowest BCUT2D eigenvalue weighted by molar-refractivity contribution is 0.0635. The van der Waals surface area contributed by atoms with E-state index in [1.807, 2.05) is 0 Å². The van der Waals surface area contributed by atoms with Gasteiger partial charge in [0, 0.05) is 0 Å². The number of carbonyl (C=O) groups is 1. The van der Waals surface area contributed by atoms with E-state index in [-0.39, 0.29) is 22.6 Å². The summed E-state index contributed by atoms with van der Waals surface area (Å²) in [5.74, 6) is 2.90. The second kappa shape index (κ2) is 5.45. The molecule has 0 aromatic heterocycles. The number of phenolic OH excluding ortho intramolecular Hbond substituents is 1. The van der Waals surface area contributed by atoms with Crippen LogP contribution in [0.25, 0.3) is 0 Å². The molecule has 0 saturated heterocycles. The molecule has 5 heteroatoms. The minimum Gasteiger partial charge on any atom is -0.503 e. The van der Waals surface area contributed by atoms with Crippen LogP contribution in [0.2, 0.25) is 0 Å². The quantitative estimate of drug-likeness (QED) is 0.663. The molecule has 0 heterocycles. The molecule has 1 aromatic rings. The van der Waals surface area contributed by atoms with Crippen LogP contribution in [0.15, 0.2) is 12.1 Å². The van der Waals surface area contributed by atoms with Crippen molar-refractivity contribution >= 4 is 11.8 Å². The lowest BCUT2D eigenvalue weighted by atomic mass is 9.96. The van der Waals surface area contributed by atoms with E-state index in [0.717, 1.165) is 18.4 Å². The normalized spacial score (nSPS) is 15.6. The smallest absolute Gasteiger partial charge is 0.412 e. The molecule has 0 spiro atoms. The second-order valence-corrected chi connectivity index (χ2v) is 6.43. The number of amides is 1. The van der Waals surface area contributed by atoms with Gasteiger partial charge in [-0.1, -0.05) is 5.92 Å². The van der Waals surface area contributed by atoms with Crippen molar-refractivity contribution in [3.63, 3.8) is 0 Å². The summed E-state index contributed by atoms with van der Waals surface area (Å²) in [6.07, 6.45) is 6.71. The first-order valence-electron chi connectivity index (χ1n) is 7.10. The molecule has 1 amide bonds. The summed E-state index contributed by atoms with van der Waals surface area (Å²) < 4.78 is 10.4. The number of hydrogen-bond donors (Lipinski definition) is 2. The van der Waals surface area contributed by atoms with Gasteiger partial charge in [-0.25, -0.2) is 4.79 Å². The van der Waals surface area contributed by atoms with E-state index in [9.17, 15) is 9.90 Å². The Balaban J connectivity index is 2.33. The van der Waals surface area contributed by atoms with Crippen LogP contribution in [0, 0.1) is 12.3 Å². The lowest BCUT2D eigenvalue weighted by Crippen LogP contribution is -2.27. The molecule has 0 aliphatic heterocycles. The molecule has 1 aliphatic rings. The molecule has 5 nitrogen and oxygen atoms in total. The zero-order valence-corrected chi connectivity index (χ0v) is 13.3. The van der Waals surface area contributed by atoms with E-state index < -0.39 is 11.7 Å². The number of benzene rings is 1. The maximum absolute atomic E-state index is 11.9. The van der Waals surface area contributed by atoms with Crippen LogP contribution >= 0.6 is 0 Å².